The molecule has 0 bridgehead atoms. The van der Waals surface area contributed by atoms with Crippen LogP contribution in [-0.2, 0) is 21.2 Å². The van der Waals surface area contributed by atoms with Gasteiger partial charge in [0, 0.05) is 30.4 Å². The molecule has 1 aromatic heterocycles. The van der Waals surface area contributed by atoms with Crippen LogP contribution in [-0.4, -0.2) is 38.3 Å². The first-order chi connectivity index (χ1) is 13.3. The predicted octanol–water partition coefficient (Wildman–Crippen LogP) is 3.89. The molecule has 1 aliphatic heterocycles. The maximum Gasteiger partial charge on any atom is 0.243 e. The molecule has 1 aliphatic rings. The number of rotatable bonds is 6. The molecule has 1 saturated heterocycles. The maximum atomic E-state index is 12.9. The lowest BCUT2D eigenvalue weighted by atomic mass is 9.97. The minimum Gasteiger partial charge on any atom is -0.355 e. The van der Waals surface area contributed by atoms with Crippen molar-refractivity contribution in [1.82, 2.24) is 9.62 Å². The van der Waals surface area contributed by atoms with E-state index in [2.05, 4.69) is 27.3 Å². The fourth-order valence-corrected chi connectivity index (χ4v) is 6.68. The van der Waals surface area contributed by atoms with Gasteiger partial charge in [-0.3, -0.25) is 4.79 Å². The summed E-state index contributed by atoms with van der Waals surface area (Å²) in [5.41, 5.74) is 1.81. The number of sulfonamides is 1. The number of aryl methyl sites for hydroxylation is 2. The quantitative estimate of drug-likeness (QED) is 0.675. The van der Waals surface area contributed by atoms with Gasteiger partial charge < -0.3 is 5.32 Å². The van der Waals surface area contributed by atoms with E-state index in [-0.39, 0.29) is 11.8 Å². The average molecular weight is 485 g/mol. The van der Waals surface area contributed by atoms with Gasteiger partial charge in [0.1, 0.15) is 0 Å². The molecule has 0 spiro atoms. The lowest BCUT2D eigenvalue weighted by molar-refractivity contribution is -0.126. The zero-order valence-corrected chi connectivity index (χ0v) is 19.3. The van der Waals surface area contributed by atoms with Gasteiger partial charge in [-0.25, -0.2) is 8.42 Å². The van der Waals surface area contributed by atoms with E-state index in [0.29, 0.717) is 37.4 Å². The Morgan fingerprint density at radius 2 is 1.93 bits per heavy atom. The number of thiophene rings is 1. The monoisotopic (exact) mass is 484 g/mol. The number of nitrogens with one attached hydrogen (secondary N) is 1. The van der Waals surface area contributed by atoms with Crippen molar-refractivity contribution < 1.29 is 13.2 Å². The lowest BCUT2D eigenvalue weighted by Gasteiger charge is -2.31. The summed E-state index contributed by atoms with van der Waals surface area (Å²) in [7, 11) is -3.51. The van der Waals surface area contributed by atoms with Gasteiger partial charge in [-0.15, -0.1) is 11.3 Å². The maximum absolute atomic E-state index is 12.9. The molecular weight excluding hydrogens is 460 g/mol. The van der Waals surface area contributed by atoms with Crippen LogP contribution < -0.4 is 5.32 Å². The number of carbonyl (C=O) groups is 1. The SMILES string of the molecule is Cc1ccc(S(=O)(=O)N2CCC(C(=O)NCCc3ccc(Br)s3)CC2)c(C)c1. The summed E-state index contributed by atoms with van der Waals surface area (Å²) in [6.07, 6.45) is 1.92. The average Bonchev–Trinajstić information content (AvgIpc) is 3.06. The second-order valence-electron chi connectivity index (χ2n) is 7.19. The van der Waals surface area contributed by atoms with Crippen LogP contribution in [0.1, 0.15) is 28.8 Å². The summed E-state index contributed by atoms with van der Waals surface area (Å²) in [5, 5.41) is 3.00. The van der Waals surface area contributed by atoms with Crippen molar-refractivity contribution in [3.8, 4) is 0 Å². The molecule has 152 valence electrons. The molecule has 0 atom stereocenters. The van der Waals surface area contributed by atoms with Crippen molar-refractivity contribution in [3.05, 3.63) is 50.1 Å². The summed E-state index contributed by atoms with van der Waals surface area (Å²) >= 11 is 5.11. The Kier molecular flexibility index (Phi) is 6.96. The smallest absolute Gasteiger partial charge is 0.243 e. The Labute approximate surface area is 179 Å². The largest absolute Gasteiger partial charge is 0.355 e. The van der Waals surface area contributed by atoms with E-state index in [1.54, 1.807) is 17.4 Å². The van der Waals surface area contributed by atoms with Gasteiger partial charge in [0.2, 0.25) is 15.9 Å². The number of amides is 1. The molecule has 1 fully saturated rings. The van der Waals surface area contributed by atoms with Crippen LogP contribution in [0.5, 0.6) is 0 Å². The van der Waals surface area contributed by atoms with Gasteiger partial charge in [-0.2, -0.15) is 4.31 Å². The summed E-state index contributed by atoms with van der Waals surface area (Å²) in [4.78, 5) is 14.0. The van der Waals surface area contributed by atoms with Crippen molar-refractivity contribution in [2.75, 3.05) is 19.6 Å². The Morgan fingerprint density at radius 1 is 1.21 bits per heavy atom. The molecule has 0 saturated carbocycles. The van der Waals surface area contributed by atoms with Gasteiger partial charge in [-0.1, -0.05) is 17.7 Å². The fourth-order valence-electron chi connectivity index (χ4n) is 3.53. The summed E-state index contributed by atoms with van der Waals surface area (Å²) in [6, 6.07) is 9.46. The van der Waals surface area contributed by atoms with E-state index in [9.17, 15) is 13.2 Å². The lowest BCUT2D eigenvalue weighted by Crippen LogP contribution is -2.43. The van der Waals surface area contributed by atoms with Gasteiger partial charge in [0.05, 0.1) is 8.68 Å². The standard InChI is InChI=1S/C20H25BrN2O3S2/c1-14-3-5-18(15(2)13-14)28(25,26)23-11-8-16(9-12-23)20(24)22-10-7-17-4-6-19(21)27-17/h3-6,13,16H,7-12H2,1-2H3,(H,22,24). The topological polar surface area (TPSA) is 66.5 Å². The molecule has 8 heteroatoms. The van der Waals surface area contributed by atoms with Gasteiger partial charge in [0.15, 0.2) is 0 Å². The summed E-state index contributed by atoms with van der Waals surface area (Å²) < 4.78 is 28.5. The highest BCUT2D eigenvalue weighted by Gasteiger charge is 2.32. The summed E-state index contributed by atoms with van der Waals surface area (Å²) in [6.45, 7) is 5.14. The van der Waals surface area contributed by atoms with Gasteiger partial charge >= 0.3 is 0 Å². The highest BCUT2D eigenvalue weighted by Crippen LogP contribution is 2.26. The molecule has 2 heterocycles. The first-order valence-corrected chi connectivity index (χ1v) is 12.4. The molecule has 0 radical (unpaired) electrons. The van der Waals surface area contributed by atoms with E-state index < -0.39 is 10.0 Å². The van der Waals surface area contributed by atoms with Crippen LogP contribution in [0.4, 0.5) is 0 Å². The van der Waals surface area contributed by atoms with E-state index in [1.807, 2.05) is 32.0 Å². The van der Waals surface area contributed by atoms with E-state index in [1.165, 1.54) is 9.18 Å². The first kappa shape index (κ1) is 21.5. The number of hydrogen-bond acceptors (Lipinski definition) is 4. The molecular formula is C20H25BrN2O3S2. The van der Waals surface area contributed by atoms with Gasteiger partial charge in [0.25, 0.3) is 0 Å². The number of benzene rings is 1. The van der Waals surface area contributed by atoms with Crippen LogP contribution in [0.3, 0.4) is 0 Å². The van der Waals surface area contributed by atoms with Crippen molar-refractivity contribution in [2.24, 2.45) is 5.92 Å². The molecule has 1 amide bonds. The highest BCUT2D eigenvalue weighted by molar-refractivity contribution is 9.11. The van der Waals surface area contributed by atoms with Crippen LogP contribution in [0.25, 0.3) is 0 Å². The molecule has 1 N–H and O–H groups in total. The van der Waals surface area contributed by atoms with Crippen molar-refractivity contribution in [2.45, 2.75) is 38.0 Å². The Hall–Kier alpha value is -1.22. The van der Waals surface area contributed by atoms with Crippen LogP contribution in [0.15, 0.2) is 39.0 Å². The highest BCUT2D eigenvalue weighted by atomic mass is 79.9. The second-order valence-corrected chi connectivity index (χ2v) is 11.6. The third kappa shape index (κ3) is 5.03. The van der Waals surface area contributed by atoms with Crippen molar-refractivity contribution >= 4 is 43.2 Å². The molecule has 3 rings (SSSR count). The minimum absolute atomic E-state index is 0.0270. The Balaban J connectivity index is 1.52. The fraction of sp³-hybridized carbons (Fsp3) is 0.450. The molecule has 0 aliphatic carbocycles. The van der Waals surface area contributed by atoms with E-state index in [4.69, 9.17) is 0 Å². The Bertz CT molecular complexity index is 948. The van der Waals surface area contributed by atoms with Crippen LogP contribution in [0, 0.1) is 19.8 Å². The molecule has 2 aromatic rings. The zero-order valence-electron chi connectivity index (χ0n) is 16.1. The number of halogens is 1. The summed E-state index contributed by atoms with van der Waals surface area (Å²) in [5.74, 6) is -0.0974. The third-order valence-corrected chi connectivity index (χ3v) is 8.81. The number of nitrogens with zero attached hydrogens (tertiary/aromatic N) is 1. The van der Waals surface area contributed by atoms with E-state index in [0.717, 1.165) is 21.3 Å². The second kappa shape index (κ2) is 9.07. The Morgan fingerprint density at radius 3 is 2.54 bits per heavy atom. The van der Waals surface area contributed by atoms with Crippen molar-refractivity contribution in [3.63, 3.8) is 0 Å². The third-order valence-electron chi connectivity index (χ3n) is 5.07. The van der Waals surface area contributed by atoms with Gasteiger partial charge in [-0.05, 0) is 72.8 Å². The number of carbonyl (C=O) groups excluding carboxylic acids is 1. The van der Waals surface area contributed by atoms with Crippen LogP contribution in [0.2, 0.25) is 0 Å². The minimum atomic E-state index is -3.51. The number of piperidine rings is 1. The zero-order chi connectivity index (χ0) is 20.3. The molecule has 28 heavy (non-hydrogen) atoms. The van der Waals surface area contributed by atoms with E-state index >= 15 is 0 Å². The molecule has 5 nitrogen and oxygen atoms in total. The molecule has 0 unspecified atom stereocenters. The van der Waals surface area contributed by atoms with Crippen molar-refractivity contribution in [1.29, 1.82) is 0 Å². The normalized spacial score (nSPS) is 16.2. The van der Waals surface area contributed by atoms with Crippen LogP contribution >= 0.6 is 27.3 Å². The number of hydrogen-bond donors (Lipinski definition) is 1. The molecule has 1 aromatic carbocycles. The predicted molar refractivity (Wildman–Crippen MR) is 116 cm³/mol. The first-order valence-electron chi connectivity index (χ1n) is 9.36.